The van der Waals surface area contributed by atoms with Crippen molar-refractivity contribution in [1.29, 1.82) is 0 Å². The lowest BCUT2D eigenvalue weighted by Gasteiger charge is -2.07. The summed E-state index contributed by atoms with van der Waals surface area (Å²) in [4.78, 5) is 12.4. The first-order valence-electron chi connectivity index (χ1n) is 9.51. The van der Waals surface area contributed by atoms with Crippen molar-refractivity contribution >= 4 is 17.7 Å². The van der Waals surface area contributed by atoms with Crippen LogP contribution in [0.1, 0.15) is 21.7 Å². The summed E-state index contributed by atoms with van der Waals surface area (Å²) in [5.41, 5.74) is 2.40. The number of hydrogen-bond acceptors (Lipinski definition) is 7. The van der Waals surface area contributed by atoms with Crippen LogP contribution in [0.4, 0.5) is 0 Å². The molecule has 158 valence electrons. The van der Waals surface area contributed by atoms with Crippen LogP contribution in [0.25, 0.3) is 11.4 Å². The Hall–Kier alpha value is -3.72. The summed E-state index contributed by atoms with van der Waals surface area (Å²) in [6.07, 6.45) is 1.58. The van der Waals surface area contributed by atoms with Crippen LogP contribution >= 0.6 is 11.8 Å². The van der Waals surface area contributed by atoms with Crippen LogP contribution in [0.3, 0.4) is 0 Å². The van der Waals surface area contributed by atoms with Crippen LogP contribution in [0, 0.1) is 0 Å². The number of aromatic nitrogens is 3. The van der Waals surface area contributed by atoms with Crippen LogP contribution in [0.2, 0.25) is 0 Å². The number of furan rings is 1. The zero-order valence-corrected chi connectivity index (χ0v) is 17.6. The second kappa shape index (κ2) is 9.40. The molecule has 4 rings (SSSR count). The Kier molecular flexibility index (Phi) is 6.23. The number of nitrogens with two attached hydrogens (primary N) is 1. The highest BCUT2D eigenvalue weighted by Crippen LogP contribution is 2.25. The SMILES string of the molecule is COc1ccc(-c2nnc(SCc3cccc(C(=O)NCc4ccco4)c3)n2N)cc1. The Bertz CT molecular complexity index is 1160. The molecule has 0 bridgehead atoms. The number of amides is 1. The number of rotatable bonds is 8. The number of methoxy groups -OCH3 is 1. The van der Waals surface area contributed by atoms with Gasteiger partial charge >= 0.3 is 0 Å². The second-order valence-electron chi connectivity index (χ2n) is 6.66. The van der Waals surface area contributed by atoms with Crippen molar-refractivity contribution in [2.45, 2.75) is 17.5 Å². The Morgan fingerprint density at radius 1 is 1.16 bits per heavy atom. The van der Waals surface area contributed by atoms with Gasteiger partial charge in [-0.15, -0.1) is 10.2 Å². The van der Waals surface area contributed by atoms with Gasteiger partial charge in [0.15, 0.2) is 5.82 Å². The Labute approximate surface area is 183 Å². The van der Waals surface area contributed by atoms with E-state index in [0.717, 1.165) is 16.9 Å². The Morgan fingerprint density at radius 2 is 2.00 bits per heavy atom. The zero-order valence-electron chi connectivity index (χ0n) is 16.8. The van der Waals surface area contributed by atoms with Crippen LogP contribution in [0.15, 0.2) is 76.5 Å². The molecule has 0 saturated heterocycles. The van der Waals surface area contributed by atoms with E-state index in [9.17, 15) is 4.79 Å². The van der Waals surface area contributed by atoms with Gasteiger partial charge in [-0.3, -0.25) is 4.79 Å². The quantitative estimate of drug-likeness (QED) is 0.322. The molecule has 2 aromatic heterocycles. The van der Waals surface area contributed by atoms with Crippen molar-refractivity contribution < 1.29 is 13.9 Å². The van der Waals surface area contributed by atoms with E-state index in [1.165, 1.54) is 16.4 Å². The third-order valence-electron chi connectivity index (χ3n) is 4.57. The summed E-state index contributed by atoms with van der Waals surface area (Å²) < 4.78 is 11.9. The van der Waals surface area contributed by atoms with Crippen LogP contribution in [-0.2, 0) is 12.3 Å². The van der Waals surface area contributed by atoms with Crippen molar-refractivity contribution in [3.8, 4) is 17.1 Å². The van der Waals surface area contributed by atoms with E-state index >= 15 is 0 Å². The molecule has 2 aromatic carbocycles. The number of benzene rings is 2. The number of nitrogens with one attached hydrogen (secondary N) is 1. The molecule has 0 aliphatic heterocycles. The molecule has 0 aliphatic carbocycles. The first-order valence-corrected chi connectivity index (χ1v) is 10.5. The Morgan fingerprint density at radius 3 is 2.74 bits per heavy atom. The summed E-state index contributed by atoms with van der Waals surface area (Å²) in [5.74, 6) is 8.66. The van der Waals surface area contributed by atoms with Gasteiger partial charge < -0.3 is 20.3 Å². The normalized spacial score (nSPS) is 10.7. The summed E-state index contributed by atoms with van der Waals surface area (Å²) >= 11 is 1.45. The van der Waals surface area contributed by atoms with Gasteiger partial charge in [-0.1, -0.05) is 23.9 Å². The van der Waals surface area contributed by atoms with E-state index < -0.39 is 0 Å². The highest BCUT2D eigenvalue weighted by molar-refractivity contribution is 7.98. The molecule has 8 nitrogen and oxygen atoms in total. The van der Waals surface area contributed by atoms with Gasteiger partial charge in [0.05, 0.1) is 19.9 Å². The minimum Gasteiger partial charge on any atom is -0.497 e. The number of thioether (sulfide) groups is 1. The van der Waals surface area contributed by atoms with Gasteiger partial charge in [0.1, 0.15) is 11.5 Å². The molecule has 3 N–H and O–H groups in total. The van der Waals surface area contributed by atoms with Crippen LogP contribution in [0.5, 0.6) is 5.75 Å². The number of carbonyl (C=O) groups is 1. The van der Waals surface area contributed by atoms with Gasteiger partial charge in [-0.05, 0) is 54.1 Å². The summed E-state index contributed by atoms with van der Waals surface area (Å²) in [6.45, 7) is 0.342. The van der Waals surface area contributed by atoms with Crippen molar-refractivity contribution in [3.05, 3.63) is 83.8 Å². The van der Waals surface area contributed by atoms with Crippen LogP contribution in [-0.4, -0.2) is 27.9 Å². The number of nitrogen functional groups attached to an aromatic ring is 1. The van der Waals surface area contributed by atoms with Gasteiger partial charge in [0.25, 0.3) is 5.91 Å². The van der Waals surface area contributed by atoms with Gasteiger partial charge in [-0.25, -0.2) is 4.68 Å². The molecule has 0 radical (unpaired) electrons. The van der Waals surface area contributed by atoms with Crippen molar-refractivity contribution in [2.75, 3.05) is 13.0 Å². The maximum Gasteiger partial charge on any atom is 0.251 e. The smallest absolute Gasteiger partial charge is 0.251 e. The van der Waals surface area contributed by atoms with Crippen molar-refractivity contribution in [3.63, 3.8) is 0 Å². The molecule has 0 aliphatic rings. The molecule has 2 heterocycles. The average molecular weight is 436 g/mol. The fourth-order valence-electron chi connectivity index (χ4n) is 2.95. The van der Waals surface area contributed by atoms with Crippen molar-refractivity contribution in [1.82, 2.24) is 20.2 Å². The zero-order chi connectivity index (χ0) is 21.6. The number of nitrogens with zero attached hydrogens (tertiary/aromatic N) is 3. The molecule has 4 aromatic rings. The number of ether oxygens (including phenoxy) is 1. The lowest BCUT2D eigenvalue weighted by molar-refractivity contribution is 0.0948. The third kappa shape index (κ3) is 4.89. The van der Waals surface area contributed by atoms with E-state index in [2.05, 4.69) is 15.5 Å². The van der Waals surface area contributed by atoms with Crippen LogP contribution < -0.4 is 15.9 Å². The lowest BCUT2D eigenvalue weighted by atomic mass is 10.1. The van der Waals surface area contributed by atoms with E-state index in [1.54, 1.807) is 25.5 Å². The van der Waals surface area contributed by atoms with Gasteiger partial charge in [-0.2, -0.15) is 0 Å². The van der Waals surface area contributed by atoms with Crippen molar-refractivity contribution in [2.24, 2.45) is 0 Å². The fourth-order valence-corrected chi connectivity index (χ4v) is 3.74. The van der Waals surface area contributed by atoms with E-state index in [4.69, 9.17) is 15.0 Å². The van der Waals surface area contributed by atoms with Gasteiger partial charge in [0, 0.05) is 16.9 Å². The summed E-state index contributed by atoms with van der Waals surface area (Å²) in [7, 11) is 1.62. The topological polar surface area (TPSA) is 108 Å². The molecule has 31 heavy (non-hydrogen) atoms. The molecular weight excluding hydrogens is 414 g/mol. The third-order valence-corrected chi connectivity index (χ3v) is 5.59. The second-order valence-corrected chi connectivity index (χ2v) is 7.60. The number of carbonyl (C=O) groups excluding carboxylic acids is 1. The largest absolute Gasteiger partial charge is 0.497 e. The molecule has 0 saturated carbocycles. The molecule has 1 amide bonds. The molecule has 0 atom stereocenters. The minimum atomic E-state index is -0.160. The van der Waals surface area contributed by atoms with E-state index in [1.807, 2.05) is 48.5 Å². The predicted molar refractivity (Wildman–Crippen MR) is 118 cm³/mol. The molecule has 0 fully saturated rings. The highest BCUT2D eigenvalue weighted by Gasteiger charge is 2.13. The maximum absolute atomic E-state index is 12.4. The predicted octanol–water partition coefficient (Wildman–Crippen LogP) is 3.48. The molecule has 0 unspecified atom stereocenters. The highest BCUT2D eigenvalue weighted by atomic mass is 32.2. The number of hydrogen-bond donors (Lipinski definition) is 2. The lowest BCUT2D eigenvalue weighted by Crippen LogP contribution is -2.22. The first-order chi connectivity index (χ1) is 15.1. The molecule has 0 spiro atoms. The summed E-state index contributed by atoms with van der Waals surface area (Å²) in [5, 5.41) is 11.8. The summed E-state index contributed by atoms with van der Waals surface area (Å²) in [6, 6.07) is 18.5. The molecule has 9 heteroatoms. The standard InChI is InChI=1S/C22H21N5O3S/c1-29-18-9-7-16(8-10-18)20-25-26-22(27(20)23)31-14-15-4-2-5-17(12-15)21(28)24-13-19-6-3-11-30-19/h2-12H,13-14,23H2,1H3,(H,24,28). The fraction of sp³-hybridized carbons (Fsp3) is 0.136. The van der Waals surface area contributed by atoms with Gasteiger partial charge in [0.2, 0.25) is 5.16 Å². The maximum atomic E-state index is 12.4. The van der Waals surface area contributed by atoms with E-state index in [-0.39, 0.29) is 5.91 Å². The monoisotopic (exact) mass is 435 g/mol. The molecular formula is C22H21N5O3S. The van der Waals surface area contributed by atoms with E-state index in [0.29, 0.717) is 34.6 Å². The first kappa shape index (κ1) is 20.5. The average Bonchev–Trinajstić information content (AvgIpc) is 3.46. The Balaban J connectivity index is 1.39. The minimum absolute atomic E-state index is 0.160.